The van der Waals surface area contributed by atoms with E-state index in [9.17, 15) is 9.59 Å². The molecule has 26 heavy (non-hydrogen) atoms. The molecule has 0 saturated heterocycles. The maximum atomic E-state index is 12.1. The molecule has 0 bridgehead atoms. The van der Waals surface area contributed by atoms with Crippen molar-refractivity contribution < 1.29 is 14.7 Å². The van der Waals surface area contributed by atoms with Crippen LogP contribution in [-0.2, 0) is 24.2 Å². The second kappa shape index (κ2) is 6.72. The lowest BCUT2D eigenvalue weighted by atomic mass is 10.0. The van der Waals surface area contributed by atoms with Crippen molar-refractivity contribution in [2.75, 3.05) is 0 Å². The quantitative estimate of drug-likeness (QED) is 0.694. The van der Waals surface area contributed by atoms with Crippen molar-refractivity contribution in [1.29, 1.82) is 0 Å². The Hall–Kier alpha value is -3.00. The summed E-state index contributed by atoms with van der Waals surface area (Å²) in [5.74, 6) is 0.0469. The van der Waals surface area contributed by atoms with E-state index in [4.69, 9.17) is 5.11 Å². The van der Waals surface area contributed by atoms with Gasteiger partial charge in [0.15, 0.2) is 5.82 Å². The monoisotopic (exact) mass is 368 g/mol. The smallest absolute Gasteiger partial charge is 0.325 e. The third-order valence-electron chi connectivity index (χ3n) is 4.26. The van der Waals surface area contributed by atoms with E-state index in [1.807, 2.05) is 35.7 Å². The standard InChI is InChI=1S/C18H16N4O3S/c23-17(24)10-22-16(20-15(21-22)8-11-4-3-7-26-11)9-14-12-5-1-2-6-13(12)18(25)19-14/h1-7,14H,8-10H2,(H,19,25)(H,23,24)/t14-/m1/s1. The van der Waals surface area contributed by atoms with Crippen LogP contribution < -0.4 is 5.32 Å². The third-order valence-corrected chi connectivity index (χ3v) is 5.14. The summed E-state index contributed by atoms with van der Waals surface area (Å²) in [4.78, 5) is 28.9. The second-order valence-electron chi connectivity index (χ2n) is 6.07. The van der Waals surface area contributed by atoms with Crippen LogP contribution in [0.4, 0.5) is 0 Å². The van der Waals surface area contributed by atoms with Crippen molar-refractivity contribution in [3.8, 4) is 0 Å². The van der Waals surface area contributed by atoms with E-state index in [2.05, 4.69) is 15.4 Å². The molecule has 1 atom stereocenters. The molecule has 0 unspecified atom stereocenters. The lowest BCUT2D eigenvalue weighted by molar-refractivity contribution is -0.137. The molecule has 3 aromatic rings. The normalized spacial score (nSPS) is 15.7. The van der Waals surface area contributed by atoms with Crippen molar-refractivity contribution >= 4 is 23.2 Å². The Kier molecular flexibility index (Phi) is 4.26. The van der Waals surface area contributed by atoms with Gasteiger partial charge in [-0.05, 0) is 23.1 Å². The van der Waals surface area contributed by atoms with Crippen LogP contribution >= 0.6 is 11.3 Å². The number of nitrogens with one attached hydrogen (secondary N) is 1. The van der Waals surface area contributed by atoms with E-state index in [-0.39, 0.29) is 18.5 Å². The zero-order valence-electron chi connectivity index (χ0n) is 13.8. The number of amides is 1. The molecule has 2 N–H and O–H groups in total. The molecule has 0 aliphatic carbocycles. The molecule has 0 saturated carbocycles. The summed E-state index contributed by atoms with van der Waals surface area (Å²) in [6.07, 6.45) is 0.957. The van der Waals surface area contributed by atoms with Crippen LogP contribution in [-0.4, -0.2) is 31.7 Å². The SMILES string of the molecule is O=C(O)Cn1nc(Cc2cccs2)nc1C[C@H]1NC(=O)c2ccccc21. The number of aliphatic carboxylic acids is 1. The molecule has 1 amide bonds. The van der Waals surface area contributed by atoms with Crippen molar-refractivity contribution in [3.63, 3.8) is 0 Å². The van der Waals surface area contributed by atoms with Crippen LogP contribution in [0.3, 0.4) is 0 Å². The maximum absolute atomic E-state index is 12.1. The molecule has 0 radical (unpaired) electrons. The summed E-state index contributed by atoms with van der Waals surface area (Å²) in [6.45, 7) is -0.255. The van der Waals surface area contributed by atoms with Crippen molar-refractivity contribution in [2.24, 2.45) is 0 Å². The highest BCUT2D eigenvalue weighted by Crippen LogP contribution is 2.27. The van der Waals surface area contributed by atoms with Gasteiger partial charge in [0.25, 0.3) is 5.91 Å². The molecule has 1 aliphatic heterocycles. The third kappa shape index (κ3) is 3.23. The molecule has 0 spiro atoms. The van der Waals surface area contributed by atoms with Gasteiger partial charge in [0.1, 0.15) is 12.4 Å². The highest BCUT2D eigenvalue weighted by atomic mass is 32.1. The topological polar surface area (TPSA) is 97.1 Å². The Bertz CT molecular complexity index is 965. The number of hydrogen-bond acceptors (Lipinski definition) is 5. The molecule has 4 rings (SSSR count). The van der Waals surface area contributed by atoms with E-state index >= 15 is 0 Å². The van der Waals surface area contributed by atoms with Gasteiger partial charge >= 0.3 is 5.97 Å². The number of carbonyl (C=O) groups is 2. The number of thiophene rings is 1. The fourth-order valence-corrected chi connectivity index (χ4v) is 3.84. The van der Waals surface area contributed by atoms with Gasteiger partial charge in [0.05, 0.1) is 6.04 Å². The molecule has 3 heterocycles. The molecule has 0 fully saturated rings. The first kappa shape index (κ1) is 16.5. The molecule has 1 aromatic carbocycles. The summed E-state index contributed by atoms with van der Waals surface area (Å²) in [5, 5.41) is 18.4. The predicted octanol–water partition coefficient (Wildman–Crippen LogP) is 2.04. The number of carbonyl (C=O) groups excluding carboxylic acids is 1. The fraction of sp³-hybridized carbons (Fsp3) is 0.222. The lowest BCUT2D eigenvalue weighted by Gasteiger charge is -2.11. The number of carboxylic acids is 1. The van der Waals surface area contributed by atoms with Gasteiger partial charge in [-0.2, -0.15) is 5.10 Å². The molecule has 7 nitrogen and oxygen atoms in total. The number of rotatable bonds is 6. The largest absolute Gasteiger partial charge is 0.480 e. The van der Waals surface area contributed by atoms with Gasteiger partial charge in [-0.15, -0.1) is 11.3 Å². The summed E-state index contributed by atoms with van der Waals surface area (Å²) in [5.41, 5.74) is 1.56. The Balaban J connectivity index is 1.62. The average molecular weight is 368 g/mol. The van der Waals surface area contributed by atoms with Gasteiger partial charge in [0.2, 0.25) is 0 Å². The molecule has 1 aliphatic rings. The summed E-state index contributed by atoms with van der Waals surface area (Å²) < 4.78 is 1.42. The molecule has 8 heteroatoms. The average Bonchev–Trinajstić information content (AvgIpc) is 3.31. The molecule has 2 aromatic heterocycles. The number of benzene rings is 1. The number of aromatic nitrogens is 3. The highest BCUT2D eigenvalue weighted by Gasteiger charge is 2.29. The van der Waals surface area contributed by atoms with Gasteiger partial charge < -0.3 is 10.4 Å². The first-order valence-corrected chi connectivity index (χ1v) is 9.04. The Morgan fingerprint density at radius 3 is 2.88 bits per heavy atom. The minimum absolute atomic E-state index is 0.117. The van der Waals surface area contributed by atoms with E-state index in [0.717, 1.165) is 10.4 Å². The first-order chi connectivity index (χ1) is 12.6. The van der Waals surface area contributed by atoms with Crippen LogP contribution in [0.5, 0.6) is 0 Å². The van der Waals surface area contributed by atoms with E-state index in [1.54, 1.807) is 17.4 Å². The van der Waals surface area contributed by atoms with Crippen LogP contribution in [0.2, 0.25) is 0 Å². The number of carboxylic acid groups (broad SMARTS) is 1. The molecular weight excluding hydrogens is 352 g/mol. The summed E-state index contributed by atoms with van der Waals surface area (Å²) >= 11 is 1.61. The fourth-order valence-electron chi connectivity index (χ4n) is 3.14. The van der Waals surface area contributed by atoms with E-state index < -0.39 is 5.97 Å². The van der Waals surface area contributed by atoms with Gasteiger partial charge in [0, 0.05) is 23.3 Å². The van der Waals surface area contributed by atoms with E-state index in [1.165, 1.54) is 4.68 Å². The minimum Gasteiger partial charge on any atom is -0.480 e. The van der Waals surface area contributed by atoms with Crippen LogP contribution in [0.1, 0.15) is 38.5 Å². The van der Waals surface area contributed by atoms with Gasteiger partial charge in [-0.1, -0.05) is 24.3 Å². The summed E-state index contributed by atoms with van der Waals surface area (Å²) in [7, 11) is 0. The Labute approximate surface area is 153 Å². The number of hydrogen-bond donors (Lipinski definition) is 2. The maximum Gasteiger partial charge on any atom is 0.325 e. The van der Waals surface area contributed by atoms with Crippen molar-refractivity contribution in [1.82, 2.24) is 20.1 Å². The lowest BCUT2D eigenvalue weighted by Crippen LogP contribution is -2.23. The predicted molar refractivity (Wildman–Crippen MR) is 95.1 cm³/mol. The highest BCUT2D eigenvalue weighted by molar-refractivity contribution is 7.09. The Morgan fingerprint density at radius 1 is 1.27 bits per heavy atom. The van der Waals surface area contributed by atoms with E-state index in [0.29, 0.717) is 30.1 Å². The van der Waals surface area contributed by atoms with Crippen LogP contribution in [0.25, 0.3) is 0 Å². The zero-order chi connectivity index (χ0) is 18.1. The molecular formula is C18H16N4O3S. The van der Waals surface area contributed by atoms with Crippen LogP contribution in [0.15, 0.2) is 41.8 Å². The van der Waals surface area contributed by atoms with Gasteiger partial charge in [-0.3, -0.25) is 9.59 Å². The number of fused-ring (bicyclic) bond motifs is 1. The zero-order valence-corrected chi connectivity index (χ0v) is 14.6. The minimum atomic E-state index is -0.977. The van der Waals surface area contributed by atoms with Crippen LogP contribution in [0, 0.1) is 0 Å². The van der Waals surface area contributed by atoms with Crippen molar-refractivity contribution in [2.45, 2.75) is 25.4 Å². The molecule has 132 valence electrons. The first-order valence-electron chi connectivity index (χ1n) is 8.16. The van der Waals surface area contributed by atoms with Crippen molar-refractivity contribution in [3.05, 3.63) is 69.4 Å². The second-order valence-corrected chi connectivity index (χ2v) is 7.10. The summed E-state index contributed by atoms with van der Waals surface area (Å²) in [6, 6.07) is 11.1. The number of nitrogens with zero attached hydrogens (tertiary/aromatic N) is 3. The Morgan fingerprint density at radius 2 is 2.12 bits per heavy atom. The van der Waals surface area contributed by atoms with Gasteiger partial charge in [-0.25, -0.2) is 9.67 Å².